The van der Waals surface area contributed by atoms with Crippen LogP contribution in [0.2, 0.25) is 0 Å². The van der Waals surface area contributed by atoms with E-state index in [4.69, 9.17) is 0 Å². The van der Waals surface area contributed by atoms with Crippen LogP contribution in [-0.2, 0) is 0 Å². The van der Waals surface area contributed by atoms with E-state index >= 15 is 0 Å². The van der Waals surface area contributed by atoms with E-state index in [0.29, 0.717) is 11.2 Å². The molecule has 0 radical (unpaired) electrons. The Labute approximate surface area is 92.9 Å². The number of halogens is 1. The van der Waals surface area contributed by atoms with Gasteiger partial charge in [-0.25, -0.2) is 4.39 Å². The van der Waals surface area contributed by atoms with Gasteiger partial charge in [0.15, 0.2) is 0 Å². The highest BCUT2D eigenvalue weighted by Gasteiger charge is 2.14. The number of nitrogens with zero attached hydrogens (tertiary/aromatic N) is 1. The average Bonchev–Trinajstić information content (AvgIpc) is 2.68. The first-order chi connectivity index (χ1) is 7.50. The molecule has 0 saturated heterocycles. The third-order valence-corrected chi connectivity index (χ3v) is 2.60. The Balaban J connectivity index is 2.64. The largest absolute Gasteiger partial charge is 0.348 e. The van der Waals surface area contributed by atoms with Crippen LogP contribution in [0.4, 0.5) is 4.39 Å². The Bertz CT molecular complexity index is 518. The van der Waals surface area contributed by atoms with Gasteiger partial charge in [-0.3, -0.25) is 4.79 Å². The summed E-state index contributed by atoms with van der Waals surface area (Å²) in [5, 5.41) is 0.755. The molecule has 0 unspecified atom stereocenters. The number of H-pyrrole nitrogens is 1. The van der Waals surface area contributed by atoms with E-state index in [1.54, 1.807) is 26.2 Å². The van der Waals surface area contributed by atoms with Crippen LogP contribution in [0.25, 0.3) is 10.9 Å². The summed E-state index contributed by atoms with van der Waals surface area (Å²) in [6, 6.07) is 4.80. The number of amides is 1. The first-order valence-electron chi connectivity index (χ1n) is 5.00. The molecule has 2 rings (SSSR count). The summed E-state index contributed by atoms with van der Waals surface area (Å²) < 4.78 is 13.5. The number of aryl methyl sites for hydroxylation is 1. The minimum absolute atomic E-state index is 0.157. The number of aromatic amines is 1. The number of nitrogens with one attached hydrogen (secondary N) is 1. The second kappa shape index (κ2) is 3.63. The topological polar surface area (TPSA) is 36.1 Å². The van der Waals surface area contributed by atoms with Gasteiger partial charge in [0.25, 0.3) is 5.91 Å². The molecule has 0 spiro atoms. The third-order valence-electron chi connectivity index (χ3n) is 2.60. The summed E-state index contributed by atoms with van der Waals surface area (Å²) in [4.78, 5) is 16.0. The number of carbonyl (C=O) groups excluding carboxylic acids is 1. The fourth-order valence-corrected chi connectivity index (χ4v) is 1.68. The van der Waals surface area contributed by atoms with Gasteiger partial charge in [0.05, 0.1) is 5.52 Å². The minimum atomic E-state index is -0.335. The molecule has 3 nitrogen and oxygen atoms in total. The Morgan fingerprint density at radius 3 is 2.62 bits per heavy atom. The van der Waals surface area contributed by atoms with Crippen molar-refractivity contribution in [2.75, 3.05) is 14.1 Å². The van der Waals surface area contributed by atoms with Gasteiger partial charge in [0.1, 0.15) is 11.5 Å². The maximum atomic E-state index is 13.5. The van der Waals surface area contributed by atoms with Gasteiger partial charge in [-0.1, -0.05) is 6.07 Å². The monoisotopic (exact) mass is 220 g/mol. The molecular weight excluding hydrogens is 207 g/mol. The standard InChI is InChI=1S/C12H13FN2O/c1-7-4-5-9(13)11-8(7)6-10(14-11)12(16)15(2)3/h4-6,14H,1-3H3. The zero-order valence-electron chi connectivity index (χ0n) is 9.47. The van der Waals surface area contributed by atoms with Crippen molar-refractivity contribution in [2.24, 2.45) is 0 Å². The molecule has 0 aliphatic rings. The van der Waals surface area contributed by atoms with E-state index in [0.717, 1.165) is 10.9 Å². The van der Waals surface area contributed by atoms with Crippen molar-refractivity contribution in [1.29, 1.82) is 0 Å². The number of hydrogen-bond acceptors (Lipinski definition) is 1. The fraction of sp³-hybridized carbons (Fsp3) is 0.250. The van der Waals surface area contributed by atoms with E-state index < -0.39 is 0 Å². The number of benzene rings is 1. The molecule has 0 bridgehead atoms. The lowest BCUT2D eigenvalue weighted by atomic mass is 10.1. The predicted octanol–water partition coefficient (Wildman–Crippen LogP) is 2.32. The van der Waals surface area contributed by atoms with Crippen molar-refractivity contribution in [1.82, 2.24) is 9.88 Å². The van der Waals surface area contributed by atoms with E-state index in [2.05, 4.69) is 4.98 Å². The van der Waals surface area contributed by atoms with Gasteiger partial charge < -0.3 is 9.88 Å². The Hall–Kier alpha value is -1.84. The van der Waals surface area contributed by atoms with Crippen LogP contribution in [0, 0.1) is 12.7 Å². The predicted molar refractivity (Wildman–Crippen MR) is 61.0 cm³/mol. The molecular formula is C12H13FN2O. The van der Waals surface area contributed by atoms with Gasteiger partial charge >= 0.3 is 0 Å². The van der Waals surface area contributed by atoms with Crippen molar-refractivity contribution in [3.05, 3.63) is 35.3 Å². The molecule has 2 aromatic rings. The van der Waals surface area contributed by atoms with Gasteiger partial charge in [-0.05, 0) is 24.6 Å². The fourth-order valence-electron chi connectivity index (χ4n) is 1.68. The summed E-state index contributed by atoms with van der Waals surface area (Å²) >= 11 is 0. The maximum absolute atomic E-state index is 13.5. The number of carbonyl (C=O) groups is 1. The van der Waals surface area contributed by atoms with Crippen molar-refractivity contribution in [3.63, 3.8) is 0 Å². The Morgan fingerprint density at radius 1 is 1.38 bits per heavy atom. The first kappa shape index (κ1) is 10.7. The van der Waals surface area contributed by atoms with Crippen LogP contribution in [0.15, 0.2) is 18.2 Å². The number of fused-ring (bicyclic) bond motifs is 1. The number of rotatable bonds is 1. The summed E-state index contributed by atoms with van der Waals surface area (Å²) in [7, 11) is 3.33. The lowest BCUT2D eigenvalue weighted by Crippen LogP contribution is -2.21. The lowest BCUT2D eigenvalue weighted by Gasteiger charge is -2.07. The first-order valence-corrected chi connectivity index (χ1v) is 5.00. The zero-order chi connectivity index (χ0) is 11.9. The van der Waals surface area contributed by atoms with E-state index in [9.17, 15) is 9.18 Å². The summed E-state index contributed by atoms with van der Waals surface area (Å²) in [5.74, 6) is -0.492. The second-order valence-corrected chi connectivity index (χ2v) is 4.04. The molecule has 16 heavy (non-hydrogen) atoms. The summed E-state index contributed by atoms with van der Waals surface area (Å²) in [6.07, 6.45) is 0. The SMILES string of the molecule is Cc1ccc(F)c2[nH]c(C(=O)N(C)C)cc12. The zero-order valence-corrected chi connectivity index (χ0v) is 9.47. The van der Waals surface area contributed by atoms with Crippen molar-refractivity contribution in [3.8, 4) is 0 Å². The number of hydrogen-bond donors (Lipinski definition) is 1. The Morgan fingerprint density at radius 2 is 2.06 bits per heavy atom. The van der Waals surface area contributed by atoms with Crippen molar-refractivity contribution < 1.29 is 9.18 Å². The van der Waals surface area contributed by atoms with E-state index in [1.807, 2.05) is 6.92 Å². The van der Waals surface area contributed by atoms with Crippen LogP contribution in [-0.4, -0.2) is 29.9 Å². The van der Waals surface area contributed by atoms with Gasteiger partial charge in [-0.15, -0.1) is 0 Å². The molecule has 0 aliphatic carbocycles. The van der Waals surface area contributed by atoms with Crippen molar-refractivity contribution in [2.45, 2.75) is 6.92 Å². The molecule has 0 atom stereocenters. The van der Waals surface area contributed by atoms with Crippen LogP contribution in [0.5, 0.6) is 0 Å². The molecule has 1 N–H and O–H groups in total. The molecule has 1 heterocycles. The van der Waals surface area contributed by atoms with Crippen LogP contribution < -0.4 is 0 Å². The highest BCUT2D eigenvalue weighted by molar-refractivity contribution is 5.98. The van der Waals surface area contributed by atoms with Gasteiger partial charge in [0, 0.05) is 19.5 Å². The summed E-state index contributed by atoms with van der Waals surface area (Å²) in [6.45, 7) is 1.89. The highest BCUT2D eigenvalue weighted by atomic mass is 19.1. The molecule has 84 valence electrons. The van der Waals surface area contributed by atoms with Crippen LogP contribution in [0.3, 0.4) is 0 Å². The smallest absolute Gasteiger partial charge is 0.269 e. The number of aromatic nitrogens is 1. The normalized spacial score (nSPS) is 10.8. The molecule has 1 aromatic heterocycles. The Kier molecular flexibility index (Phi) is 2.42. The molecule has 0 fully saturated rings. The summed E-state index contributed by atoms with van der Waals surface area (Å²) in [5.41, 5.74) is 1.75. The van der Waals surface area contributed by atoms with Gasteiger partial charge in [-0.2, -0.15) is 0 Å². The van der Waals surface area contributed by atoms with Gasteiger partial charge in [0.2, 0.25) is 0 Å². The third kappa shape index (κ3) is 1.56. The molecule has 1 aromatic carbocycles. The van der Waals surface area contributed by atoms with Crippen LogP contribution in [0.1, 0.15) is 16.1 Å². The molecule has 1 amide bonds. The molecule has 0 aliphatic heterocycles. The van der Waals surface area contributed by atoms with Crippen molar-refractivity contribution >= 4 is 16.8 Å². The highest BCUT2D eigenvalue weighted by Crippen LogP contribution is 2.22. The maximum Gasteiger partial charge on any atom is 0.269 e. The second-order valence-electron chi connectivity index (χ2n) is 4.04. The average molecular weight is 220 g/mol. The molecule has 4 heteroatoms. The van der Waals surface area contributed by atoms with E-state index in [-0.39, 0.29) is 11.7 Å². The molecule has 0 saturated carbocycles. The minimum Gasteiger partial charge on any atom is -0.348 e. The van der Waals surface area contributed by atoms with E-state index in [1.165, 1.54) is 11.0 Å². The van der Waals surface area contributed by atoms with Crippen LogP contribution >= 0.6 is 0 Å². The lowest BCUT2D eigenvalue weighted by molar-refractivity contribution is 0.0823. The quantitative estimate of drug-likeness (QED) is 0.786.